The van der Waals surface area contributed by atoms with E-state index in [0.717, 1.165) is 0 Å². The number of hydrogen-bond donors (Lipinski definition) is 16. The van der Waals surface area contributed by atoms with E-state index in [9.17, 15) is 73.2 Å². The monoisotopic (exact) mass is 1080 g/mol. The van der Waals surface area contributed by atoms with Crippen molar-refractivity contribution in [3.05, 3.63) is 35.9 Å². The first-order valence-electron chi connectivity index (χ1n) is 25.0. The minimum atomic E-state index is -2.04. The van der Waals surface area contributed by atoms with E-state index < -0.39 is 151 Å². The Morgan fingerprint density at radius 1 is 0.579 bits per heavy atom. The van der Waals surface area contributed by atoms with E-state index in [-0.39, 0.29) is 44.1 Å². The van der Waals surface area contributed by atoms with Crippen molar-refractivity contribution < 1.29 is 73.2 Å². The number of carbonyl (C=O) groups is 11. The van der Waals surface area contributed by atoms with Gasteiger partial charge in [-0.3, -0.25) is 52.9 Å². The number of carboxylic acid groups (broad SMARTS) is 3. The smallest absolute Gasteiger partial charge is 0.326 e. The van der Waals surface area contributed by atoms with Gasteiger partial charge in [0.15, 0.2) is 5.96 Å². The number of carboxylic acids is 3. The molecule has 10 atom stereocenters. The molecule has 28 nitrogen and oxygen atoms in total. The predicted molar refractivity (Wildman–Crippen MR) is 275 cm³/mol. The van der Waals surface area contributed by atoms with Gasteiger partial charge in [-0.1, -0.05) is 70.9 Å². The SMILES string of the molecule is CC[C@H](C)[C@H](NC(=O)[C@H](CC(C)C)NC(=O)[C@H](CCC(=O)O)NC(=O)[C@H](CC(=O)O)NC(=O)[C@H](CO)NC(=O)[C@H](CCCN=C(N)N)NC(=O)[C@H](C)NC(=O)[C@H](Cc1ccccc1)NC(=O)[C@@H](N)CCCCN)C(=O)O. The van der Waals surface area contributed by atoms with Crippen LogP contribution in [0.15, 0.2) is 35.3 Å². The zero-order chi connectivity index (χ0) is 57.7. The van der Waals surface area contributed by atoms with Crippen molar-refractivity contribution in [2.24, 2.45) is 39.8 Å². The Kier molecular flexibility index (Phi) is 30.6. The normalized spacial score (nSPS) is 15.0. The Morgan fingerprint density at radius 3 is 1.63 bits per heavy atom. The minimum absolute atomic E-state index is 0.00784. The van der Waals surface area contributed by atoms with Gasteiger partial charge in [-0.05, 0) is 69.4 Å². The van der Waals surface area contributed by atoms with Crippen LogP contribution in [0.5, 0.6) is 0 Å². The third-order valence-corrected chi connectivity index (χ3v) is 11.8. The zero-order valence-corrected chi connectivity index (χ0v) is 43.7. The second-order valence-corrected chi connectivity index (χ2v) is 18.7. The van der Waals surface area contributed by atoms with Crippen LogP contribution in [0.25, 0.3) is 0 Å². The lowest BCUT2D eigenvalue weighted by atomic mass is 9.97. The number of amides is 8. The molecule has 1 aromatic carbocycles. The molecule has 76 heavy (non-hydrogen) atoms. The van der Waals surface area contributed by atoms with E-state index in [1.54, 1.807) is 58.0 Å². The predicted octanol–water partition coefficient (Wildman–Crippen LogP) is -3.85. The topological polar surface area (TPSA) is 481 Å². The molecule has 0 bridgehead atoms. The van der Waals surface area contributed by atoms with Crippen molar-refractivity contribution in [3.8, 4) is 0 Å². The summed E-state index contributed by atoms with van der Waals surface area (Å²) in [5.74, 6) is -13.5. The summed E-state index contributed by atoms with van der Waals surface area (Å²) in [7, 11) is 0. The highest BCUT2D eigenvalue weighted by molar-refractivity contribution is 5.99. The molecular formula is C48H79N13O15. The number of nitrogens with two attached hydrogens (primary N) is 4. The number of aliphatic imine (C=N–C) groups is 1. The van der Waals surface area contributed by atoms with E-state index in [4.69, 9.17) is 22.9 Å². The van der Waals surface area contributed by atoms with Gasteiger partial charge in [0.05, 0.1) is 19.1 Å². The lowest BCUT2D eigenvalue weighted by Gasteiger charge is -2.28. The number of carbonyl (C=O) groups excluding carboxylic acids is 8. The Balaban J connectivity index is 3.39. The number of hydrogen-bond acceptors (Lipinski definition) is 15. The van der Waals surface area contributed by atoms with Crippen molar-refractivity contribution in [2.75, 3.05) is 19.7 Å². The number of nitrogens with zero attached hydrogens (tertiary/aromatic N) is 1. The molecule has 1 rings (SSSR count). The number of aliphatic hydroxyl groups excluding tert-OH is 1. The number of unbranched alkanes of at least 4 members (excludes halogenated alkanes) is 1. The van der Waals surface area contributed by atoms with Gasteiger partial charge in [-0.2, -0.15) is 0 Å². The summed E-state index contributed by atoms with van der Waals surface area (Å²) < 4.78 is 0. The Morgan fingerprint density at radius 2 is 1.09 bits per heavy atom. The van der Waals surface area contributed by atoms with E-state index in [1.807, 2.05) is 0 Å². The van der Waals surface area contributed by atoms with Gasteiger partial charge in [0.1, 0.15) is 48.3 Å². The molecule has 0 aliphatic rings. The molecule has 0 fully saturated rings. The van der Waals surface area contributed by atoms with Crippen LogP contribution in [0.2, 0.25) is 0 Å². The molecule has 28 heteroatoms. The maximum absolute atomic E-state index is 13.8. The van der Waals surface area contributed by atoms with Crippen LogP contribution < -0.4 is 65.5 Å². The molecule has 0 heterocycles. The van der Waals surface area contributed by atoms with Crippen LogP contribution in [0.4, 0.5) is 0 Å². The summed E-state index contributed by atoms with van der Waals surface area (Å²) in [6.45, 7) is 7.20. The standard InChI is InChI=1S/C48H79N13O15/c1-6-26(4)38(47(75)76)61-45(73)32(21-25(2)3)58-42(70)31(17-18-36(63)64)56-44(72)34(23-37(65)66)59-46(74)35(24-62)60-41(69)30(16-12-20-53-48(51)52)55-39(67)27(5)54-43(71)33(22-28-13-8-7-9-14-28)57-40(68)29(50)15-10-11-19-49/h7-9,13-14,25-27,29-35,38,62H,6,10-12,15-24,49-50H2,1-5H3,(H,54,71)(H,55,67)(H,56,72)(H,57,68)(H,58,70)(H,59,74)(H,60,69)(H,61,73)(H,63,64)(H,65,66)(H,75,76)(H4,51,52,53)/t26-,27-,29-,30-,31-,32-,33-,34-,35-,38-/m0/s1. The number of aliphatic carboxylic acids is 3. The molecule has 0 unspecified atom stereocenters. The average molecular weight is 1080 g/mol. The molecule has 0 radical (unpaired) electrons. The van der Waals surface area contributed by atoms with E-state index in [0.29, 0.717) is 37.8 Å². The number of aliphatic hydroxyl groups is 1. The molecule has 426 valence electrons. The number of benzene rings is 1. The molecular weight excluding hydrogens is 999 g/mol. The number of guanidine groups is 1. The van der Waals surface area contributed by atoms with E-state index in [1.165, 1.54) is 6.92 Å². The molecule has 0 saturated heterocycles. The first-order valence-corrected chi connectivity index (χ1v) is 25.0. The zero-order valence-electron chi connectivity index (χ0n) is 43.7. The van der Waals surface area contributed by atoms with E-state index >= 15 is 0 Å². The third kappa shape index (κ3) is 25.7. The second kappa shape index (κ2) is 34.9. The molecule has 1 aromatic rings. The molecule has 0 saturated carbocycles. The quantitative estimate of drug-likeness (QED) is 0.0172. The highest BCUT2D eigenvalue weighted by atomic mass is 16.4. The van der Waals surface area contributed by atoms with Crippen molar-refractivity contribution in [1.29, 1.82) is 0 Å². The van der Waals surface area contributed by atoms with Crippen LogP contribution in [0.3, 0.4) is 0 Å². The third-order valence-electron chi connectivity index (χ3n) is 11.8. The molecule has 0 aliphatic carbocycles. The molecule has 0 aromatic heterocycles. The van der Waals surface area contributed by atoms with Gasteiger partial charge in [-0.25, -0.2) is 4.79 Å². The Bertz CT molecular complexity index is 2150. The van der Waals surface area contributed by atoms with Gasteiger partial charge < -0.3 is 85.9 Å². The highest BCUT2D eigenvalue weighted by Gasteiger charge is 2.36. The highest BCUT2D eigenvalue weighted by Crippen LogP contribution is 2.13. The van der Waals surface area contributed by atoms with Gasteiger partial charge in [0.2, 0.25) is 47.3 Å². The summed E-state index contributed by atoms with van der Waals surface area (Å²) in [5, 5.41) is 58.1. The summed E-state index contributed by atoms with van der Waals surface area (Å²) in [5.41, 5.74) is 23.2. The molecule has 0 aliphatic heterocycles. The van der Waals surface area contributed by atoms with Crippen LogP contribution in [0.1, 0.15) is 104 Å². The van der Waals surface area contributed by atoms with Crippen LogP contribution in [0, 0.1) is 11.8 Å². The summed E-state index contributed by atoms with van der Waals surface area (Å²) in [4.78, 5) is 148. The van der Waals surface area contributed by atoms with Gasteiger partial charge >= 0.3 is 17.9 Å². The second-order valence-electron chi connectivity index (χ2n) is 18.7. The Labute approximate surface area is 440 Å². The van der Waals surface area contributed by atoms with Crippen molar-refractivity contribution in [3.63, 3.8) is 0 Å². The first kappa shape index (κ1) is 66.6. The fourth-order valence-corrected chi connectivity index (χ4v) is 7.27. The van der Waals surface area contributed by atoms with Gasteiger partial charge in [-0.15, -0.1) is 0 Å². The van der Waals surface area contributed by atoms with Crippen LogP contribution >= 0.6 is 0 Å². The summed E-state index contributed by atoms with van der Waals surface area (Å²) >= 11 is 0. The molecule has 8 amide bonds. The maximum Gasteiger partial charge on any atom is 0.326 e. The fourth-order valence-electron chi connectivity index (χ4n) is 7.27. The van der Waals surface area contributed by atoms with Crippen molar-refractivity contribution in [2.45, 2.75) is 160 Å². The fraction of sp³-hybridized carbons (Fsp3) is 0.625. The largest absolute Gasteiger partial charge is 0.481 e. The van der Waals surface area contributed by atoms with Crippen LogP contribution in [-0.4, -0.2) is 166 Å². The molecule has 0 spiro atoms. The van der Waals surface area contributed by atoms with Gasteiger partial charge in [0, 0.05) is 19.4 Å². The maximum atomic E-state index is 13.8. The van der Waals surface area contributed by atoms with Crippen molar-refractivity contribution in [1.82, 2.24) is 42.5 Å². The number of rotatable bonds is 37. The summed E-state index contributed by atoms with van der Waals surface area (Å²) in [6.07, 6.45) is -0.799. The summed E-state index contributed by atoms with van der Waals surface area (Å²) in [6, 6.07) is -4.84. The van der Waals surface area contributed by atoms with E-state index in [2.05, 4.69) is 47.5 Å². The Hall–Kier alpha value is -7.46. The minimum Gasteiger partial charge on any atom is -0.481 e. The van der Waals surface area contributed by atoms with Crippen molar-refractivity contribution >= 4 is 71.1 Å². The van der Waals surface area contributed by atoms with Gasteiger partial charge in [0.25, 0.3) is 0 Å². The average Bonchev–Trinajstić information content (AvgIpc) is 3.35. The first-order chi connectivity index (χ1) is 35.7. The molecule has 20 N–H and O–H groups in total. The lowest BCUT2D eigenvalue weighted by molar-refractivity contribution is -0.144. The number of nitrogens with one attached hydrogen (secondary N) is 8. The van der Waals surface area contributed by atoms with Crippen LogP contribution in [-0.2, 0) is 59.2 Å². The lowest BCUT2D eigenvalue weighted by Crippen LogP contribution is -2.61.